The molecule has 2 amide bonds. The van der Waals surface area contributed by atoms with Gasteiger partial charge in [-0.05, 0) is 72.3 Å². The van der Waals surface area contributed by atoms with E-state index in [2.05, 4.69) is 10.6 Å². The second-order valence-corrected chi connectivity index (χ2v) is 9.67. The minimum absolute atomic E-state index is 0.0580. The number of amides is 2. The molecule has 0 radical (unpaired) electrons. The zero-order valence-electron chi connectivity index (χ0n) is 26.1. The SMILES string of the molecule is COc1cc(OC)c(OC)cc1/C=C(\NC(=O)c1ccccc1)C(=O)Nc1ccc(C(=O)/C=C/c2ccc(OC)c(OC)c2)cc1. The lowest BCUT2D eigenvalue weighted by Crippen LogP contribution is -2.30. The van der Waals surface area contributed by atoms with Gasteiger partial charge < -0.3 is 34.3 Å². The Morgan fingerprint density at radius 3 is 1.85 bits per heavy atom. The van der Waals surface area contributed by atoms with Gasteiger partial charge in [-0.2, -0.15) is 0 Å². The number of anilines is 1. The smallest absolute Gasteiger partial charge is 0.272 e. The molecule has 0 aromatic heterocycles. The third-order valence-corrected chi connectivity index (χ3v) is 6.83. The molecule has 0 spiro atoms. The number of hydrogen-bond donors (Lipinski definition) is 2. The van der Waals surface area contributed by atoms with Gasteiger partial charge in [0.1, 0.15) is 11.4 Å². The van der Waals surface area contributed by atoms with E-state index in [0.717, 1.165) is 5.56 Å². The van der Waals surface area contributed by atoms with Gasteiger partial charge in [0.25, 0.3) is 11.8 Å². The number of rotatable bonds is 13. The first-order chi connectivity index (χ1) is 22.3. The number of carbonyl (C=O) groups excluding carboxylic acids is 3. The summed E-state index contributed by atoms with van der Waals surface area (Å²) in [5, 5.41) is 5.48. The zero-order valence-corrected chi connectivity index (χ0v) is 26.1. The lowest BCUT2D eigenvalue weighted by atomic mass is 10.1. The Labute approximate surface area is 267 Å². The molecule has 10 heteroatoms. The summed E-state index contributed by atoms with van der Waals surface area (Å²) in [4.78, 5) is 39.5. The molecule has 4 rings (SSSR count). The molecule has 0 aliphatic rings. The van der Waals surface area contributed by atoms with Crippen LogP contribution in [0.3, 0.4) is 0 Å². The third-order valence-electron chi connectivity index (χ3n) is 6.83. The highest BCUT2D eigenvalue weighted by Gasteiger charge is 2.18. The highest BCUT2D eigenvalue weighted by atomic mass is 16.5. The minimum atomic E-state index is -0.603. The van der Waals surface area contributed by atoms with E-state index in [4.69, 9.17) is 23.7 Å². The summed E-state index contributed by atoms with van der Waals surface area (Å²) < 4.78 is 26.8. The Hall–Kier alpha value is -6.03. The van der Waals surface area contributed by atoms with Crippen LogP contribution >= 0.6 is 0 Å². The maximum atomic E-state index is 13.5. The Bertz CT molecular complexity index is 1760. The molecule has 4 aromatic carbocycles. The number of methoxy groups -OCH3 is 5. The number of allylic oxidation sites excluding steroid dienone is 1. The highest BCUT2D eigenvalue weighted by Crippen LogP contribution is 2.35. The van der Waals surface area contributed by atoms with Crippen molar-refractivity contribution in [3.05, 3.63) is 119 Å². The molecule has 10 nitrogen and oxygen atoms in total. The topological polar surface area (TPSA) is 121 Å². The van der Waals surface area contributed by atoms with E-state index in [9.17, 15) is 14.4 Å². The van der Waals surface area contributed by atoms with Crippen LogP contribution in [0.15, 0.2) is 96.7 Å². The van der Waals surface area contributed by atoms with Crippen LogP contribution in [0.2, 0.25) is 0 Å². The second kappa shape index (κ2) is 15.6. The molecule has 0 unspecified atom stereocenters. The quantitative estimate of drug-likeness (QED) is 0.137. The van der Waals surface area contributed by atoms with Crippen molar-refractivity contribution in [2.45, 2.75) is 0 Å². The minimum Gasteiger partial charge on any atom is -0.496 e. The first-order valence-corrected chi connectivity index (χ1v) is 14.0. The summed E-state index contributed by atoms with van der Waals surface area (Å²) in [5.74, 6) is 1.05. The fourth-order valence-electron chi connectivity index (χ4n) is 4.40. The summed E-state index contributed by atoms with van der Waals surface area (Å²) in [5.41, 5.74) is 2.35. The van der Waals surface area contributed by atoms with Gasteiger partial charge in [-0.1, -0.05) is 30.3 Å². The predicted molar refractivity (Wildman–Crippen MR) is 176 cm³/mol. The van der Waals surface area contributed by atoms with E-state index in [1.165, 1.54) is 33.5 Å². The van der Waals surface area contributed by atoms with Gasteiger partial charge in [-0.3, -0.25) is 14.4 Å². The molecule has 0 heterocycles. The lowest BCUT2D eigenvalue weighted by molar-refractivity contribution is -0.113. The average molecular weight is 623 g/mol. The van der Waals surface area contributed by atoms with Crippen molar-refractivity contribution in [1.82, 2.24) is 5.32 Å². The zero-order chi connectivity index (χ0) is 33.1. The lowest BCUT2D eigenvalue weighted by Gasteiger charge is -2.15. The molecule has 4 aromatic rings. The largest absolute Gasteiger partial charge is 0.496 e. The summed E-state index contributed by atoms with van der Waals surface area (Å²) in [6, 6.07) is 23.5. The summed E-state index contributed by atoms with van der Waals surface area (Å²) in [7, 11) is 7.56. The number of nitrogens with one attached hydrogen (secondary N) is 2. The third kappa shape index (κ3) is 8.11. The van der Waals surface area contributed by atoms with Crippen LogP contribution < -0.4 is 34.3 Å². The summed E-state index contributed by atoms with van der Waals surface area (Å²) in [6.07, 6.45) is 4.61. The number of benzene rings is 4. The van der Waals surface area contributed by atoms with Gasteiger partial charge in [0, 0.05) is 28.4 Å². The Morgan fingerprint density at radius 2 is 1.22 bits per heavy atom. The Balaban J connectivity index is 1.57. The Kier molecular flexibility index (Phi) is 11.2. The normalized spacial score (nSPS) is 11.0. The molecule has 46 heavy (non-hydrogen) atoms. The van der Waals surface area contributed by atoms with Crippen LogP contribution in [0.4, 0.5) is 5.69 Å². The predicted octanol–water partition coefficient (Wildman–Crippen LogP) is 6.04. The van der Waals surface area contributed by atoms with Crippen molar-refractivity contribution < 1.29 is 38.1 Å². The van der Waals surface area contributed by atoms with Crippen LogP contribution in [0.1, 0.15) is 31.8 Å². The van der Waals surface area contributed by atoms with Crippen molar-refractivity contribution in [3.8, 4) is 28.7 Å². The number of hydrogen-bond acceptors (Lipinski definition) is 8. The molecule has 0 saturated carbocycles. The van der Waals surface area contributed by atoms with Crippen molar-refractivity contribution in [2.24, 2.45) is 0 Å². The van der Waals surface area contributed by atoms with Crippen LogP contribution in [0.25, 0.3) is 12.2 Å². The molecule has 0 fully saturated rings. The van der Waals surface area contributed by atoms with Gasteiger partial charge in [0.15, 0.2) is 28.8 Å². The molecule has 2 N–H and O–H groups in total. The average Bonchev–Trinajstić information content (AvgIpc) is 3.10. The molecular weight excluding hydrogens is 588 g/mol. The first kappa shape index (κ1) is 32.9. The van der Waals surface area contributed by atoms with Crippen LogP contribution in [-0.2, 0) is 4.79 Å². The van der Waals surface area contributed by atoms with E-state index in [-0.39, 0.29) is 11.5 Å². The highest BCUT2D eigenvalue weighted by molar-refractivity contribution is 6.11. The van der Waals surface area contributed by atoms with E-state index in [1.54, 1.807) is 99.2 Å². The van der Waals surface area contributed by atoms with E-state index >= 15 is 0 Å². The maximum Gasteiger partial charge on any atom is 0.272 e. The Morgan fingerprint density at radius 1 is 0.609 bits per heavy atom. The van der Waals surface area contributed by atoms with Crippen molar-refractivity contribution in [1.29, 1.82) is 0 Å². The van der Waals surface area contributed by atoms with Gasteiger partial charge in [-0.15, -0.1) is 0 Å². The van der Waals surface area contributed by atoms with Crippen molar-refractivity contribution in [2.75, 3.05) is 40.9 Å². The second-order valence-electron chi connectivity index (χ2n) is 9.67. The number of carbonyl (C=O) groups is 3. The maximum absolute atomic E-state index is 13.5. The first-order valence-electron chi connectivity index (χ1n) is 14.0. The van der Waals surface area contributed by atoms with E-state index < -0.39 is 11.8 Å². The monoisotopic (exact) mass is 622 g/mol. The molecule has 0 atom stereocenters. The molecule has 0 bridgehead atoms. The molecule has 0 aliphatic carbocycles. The van der Waals surface area contributed by atoms with Crippen LogP contribution in [0.5, 0.6) is 28.7 Å². The van der Waals surface area contributed by atoms with Gasteiger partial charge >= 0.3 is 0 Å². The van der Waals surface area contributed by atoms with Crippen molar-refractivity contribution in [3.63, 3.8) is 0 Å². The fourth-order valence-corrected chi connectivity index (χ4v) is 4.40. The van der Waals surface area contributed by atoms with Gasteiger partial charge in [-0.25, -0.2) is 0 Å². The van der Waals surface area contributed by atoms with Crippen molar-refractivity contribution >= 4 is 35.4 Å². The fraction of sp³-hybridized carbons (Fsp3) is 0.139. The molecule has 0 aliphatic heterocycles. The van der Waals surface area contributed by atoms with Crippen LogP contribution in [0, 0.1) is 0 Å². The molecule has 236 valence electrons. The van der Waals surface area contributed by atoms with E-state index in [1.807, 2.05) is 6.07 Å². The van der Waals surface area contributed by atoms with Gasteiger partial charge in [0.2, 0.25) is 0 Å². The van der Waals surface area contributed by atoms with Gasteiger partial charge in [0.05, 0.1) is 35.5 Å². The number of ether oxygens (including phenoxy) is 5. The molecule has 0 saturated heterocycles. The molecular formula is C36H34N2O8. The van der Waals surface area contributed by atoms with Crippen LogP contribution in [-0.4, -0.2) is 53.1 Å². The van der Waals surface area contributed by atoms with E-state index in [0.29, 0.717) is 51.1 Å². The standard InChI is InChI=1S/C36H34N2O8/c1-42-30-18-12-23(19-32(30)44-3)11-17-29(39)24-13-15-27(16-14-24)37-36(41)28(38-35(40)25-9-7-6-8-10-25)20-26-21-33(45-4)34(46-5)22-31(26)43-2/h6-22H,1-5H3,(H,37,41)(H,38,40)/b17-11+,28-20-. The summed E-state index contributed by atoms with van der Waals surface area (Å²) >= 11 is 0. The summed E-state index contributed by atoms with van der Waals surface area (Å²) in [6.45, 7) is 0. The number of ketones is 1.